The van der Waals surface area contributed by atoms with Gasteiger partial charge in [-0.2, -0.15) is 0 Å². The number of likely N-dealkylation sites (tertiary alicyclic amines) is 1. The van der Waals surface area contributed by atoms with Crippen molar-refractivity contribution in [3.05, 3.63) is 63.3 Å². The van der Waals surface area contributed by atoms with Gasteiger partial charge in [-0.05, 0) is 62.9 Å². The minimum atomic E-state index is -0.810. The molecule has 9 heteroatoms. The van der Waals surface area contributed by atoms with Crippen LogP contribution < -0.4 is 9.47 Å². The van der Waals surface area contributed by atoms with Crippen molar-refractivity contribution in [1.29, 1.82) is 0 Å². The summed E-state index contributed by atoms with van der Waals surface area (Å²) in [6, 6.07) is 11.3. The summed E-state index contributed by atoms with van der Waals surface area (Å²) in [5.41, 5.74) is 3.57. The Hall–Kier alpha value is -2.74. The van der Waals surface area contributed by atoms with Gasteiger partial charge in [0.2, 0.25) is 0 Å². The van der Waals surface area contributed by atoms with Crippen LogP contribution in [-0.2, 0) is 11.3 Å². The molecule has 1 unspecified atom stereocenters. The number of aromatic nitrogens is 1. The van der Waals surface area contributed by atoms with Crippen LogP contribution in [0.15, 0.2) is 40.9 Å². The van der Waals surface area contributed by atoms with Gasteiger partial charge in [0.05, 0.1) is 29.7 Å². The predicted molar refractivity (Wildman–Crippen MR) is 144 cm³/mol. The molecule has 0 amide bonds. The molecule has 2 fully saturated rings. The molecule has 200 valence electrons. The number of hydrogen-bond acceptors (Lipinski definition) is 6. The van der Waals surface area contributed by atoms with Crippen molar-refractivity contribution >= 4 is 29.2 Å². The molecule has 1 atom stereocenters. The highest BCUT2D eigenvalue weighted by Crippen LogP contribution is 2.46. The summed E-state index contributed by atoms with van der Waals surface area (Å²) < 4.78 is 17.7. The fourth-order valence-electron chi connectivity index (χ4n) is 5.54. The molecule has 2 aromatic carbocycles. The number of hydrogen-bond donors (Lipinski definition) is 1. The lowest BCUT2D eigenvalue weighted by Gasteiger charge is -2.32. The second-order valence-electron chi connectivity index (χ2n) is 10.6. The standard InChI is InChI=1S/C29H30Cl2N2O5/c30-23-2-1-3-24(31)27(23)28-22(29(38-32-28)18-4-5-18)14-33-10-8-17(9-11-33)15-36-20-6-7-21-19(12-26(34)35)16-37-25(21)13-20/h1-3,6-7,13,17-19H,4-5,8-12,14-16H2,(H,34,35). The van der Waals surface area contributed by atoms with E-state index in [0.29, 0.717) is 35.1 Å². The van der Waals surface area contributed by atoms with Gasteiger partial charge >= 0.3 is 5.97 Å². The lowest BCUT2D eigenvalue weighted by Crippen LogP contribution is -2.35. The second kappa shape index (κ2) is 10.8. The van der Waals surface area contributed by atoms with Crippen LogP contribution in [0.3, 0.4) is 0 Å². The van der Waals surface area contributed by atoms with Crippen LogP contribution in [0.5, 0.6) is 11.5 Å². The van der Waals surface area contributed by atoms with Gasteiger partial charge in [0.15, 0.2) is 0 Å². The molecular formula is C29H30Cl2N2O5. The highest BCUT2D eigenvalue weighted by atomic mass is 35.5. The maximum absolute atomic E-state index is 11.1. The van der Waals surface area contributed by atoms with E-state index < -0.39 is 5.97 Å². The lowest BCUT2D eigenvalue weighted by atomic mass is 9.96. The van der Waals surface area contributed by atoms with E-state index in [1.165, 1.54) is 0 Å². The highest BCUT2D eigenvalue weighted by Gasteiger charge is 2.34. The Morgan fingerprint density at radius 1 is 1.11 bits per heavy atom. The van der Waals surface area contributed by atoms with Gasteiger partial charge in [0, 0.05) is 41.1 Å². The summed E-state index contributed by atoms with van der Waals surface area (Å²) in [5.74, 6) is 2.47. The van der Waals surface area contributed by atoms with Gasteiger partial charge < -0.3 is 19.1 Å². The Kier molecular flexibility index (Phi) is 7.25. The first-order valence-corrected chi connectivity index (χ1v) is 14.0. The minimum Gasteiger partial charge on any atom is -0.493 e. The number of fused-ring (bicyclic) bond motifs is 1. The second-order valence-corrected chi connectivity index (χ2v) is 11.4. The Balaban J connectivity index is 1.06. The molecule has 0 radical (unpaired) electrons. The van der Waals surface area contributed by atoms with E-state index in [2.05, 4.69) is 10.1 Å². The van der Waals surface area contributed by atoms with E-state index in [4.69, 9.17) is 42.3 Å². The first-order valence-electron chi connectivity index (χ1n) is 13.2. The number of nitrogens with zero attached hydrogens (tertiary/aromatic N) is 2. The SMILES string of the molecule is O=C(O)CC1COc2cc(OCC3CCN(Cc4c(-c5c(Cl)cccc5Cl)noc4C4CC4)CC3)ccc21. The summed E-state index contributed by atoms with van der Waals surface area (Å²) in [4.78, 5) is 13.5. The van der Waals surface area contributed by atoms with Gasteiger partial charge in [-0.25, -0.2) is 0 Å². The van der Waals surface area contributed by atoms with E-state index in [1.807, 2.05) is 36.4 Å². The number of halogens is 2. The molecule has 1 aliphatic carbocycles. The summed E-state index contributed by atoms with van der Waals surface area (Å²) >= 11 is 13.0. The number of ether oxygens (including phenoxy) is 2. The van der Waals surface area contributed by atoms with Crippen LogP contribution in [-0.4, -0.2) is 47.4 Å². The molecule has 1 saturated carbocycles. The number of piperidine rings is 1. The van der Waals surface area contributed by atoms with Crippen LogP contribution in [0.25, 0.3) is 11.3 Å². The smallest absolute Gasteiger partial charge is 0.304 e. The van der Waals surface area contributed by atoms with Crippen molar-refractivity contribution < 1.29 is 23.9 Å². The topological polar surface area (TPSA) is 85.0 Å². The van der Waals surface area contributed by atoms with Gasteiger partial charge in [0.25, 0.3) is 0 Å². The zero-order chi connectivity index (χ0) is 26.2. The maximum atomic E-state index is 11.1. The molecule has 1 N–H and O–H groups in total. The van der Waals surface area contributed by atoms with Crippen molar-refractivity contribution in [2.45, 2.75) is 50.5 Å². The summed E-state index contributed by atoms with van der Waals surface area (Å²) in [6.07, 6.45) is 4.41. The van der Waals surface area contributed by atoms with Crippen molar-refractivity contribution in [2.75, 3.05) is 26.3 Å². The van der Waals surface area contributed by atoms with Crippen LogP contribution in [0.1, 0.15) is 60.8 Å². The average Bonchev–Trinajstić information content (AvgIpc) is 3.56. The van der Waals surface area contributed by atoms with Crippen molar-refractivity contribution in [3.8, 4) is 22.8 Å². The fraction of sp³-hybridized carbons (Fsp3) is 0.448. The van der Waals surface area contributed by atoms with Gasteiger partial charge in [-0.1, -0.05) is 40.5 Å². The third-order valence-corrected chi connectivity index (χ3v) is 8.46. The monoisotopic (exact) mass is 556 g/mol. The highest BCUT2D eigenvalue weighted by molar-refractivity contribution is 6.39. The Bertz CT molecular complexity index is 1310. The lowest BCUT2D eigenvalue weighted by molar-refractivity contribution is -0.137. The quantitative estimate of drug-likeness (QED) is 0.311. The number of carboxylic acid groups (broad SMARTS) is 1. The molecule has 6 rings (SSSR count). The first kappa shape index (κ1) is 25.5. The van der Waals surface area contributed by atoms with Gasteiger partial charge in [-0.15, -0.1) is 0 Å². The molecule has 0 spiro atoms. The summed E-state index contributed by atoms with van der Waals surface area (Å²) in [7, 11) is 0. The van der Waals surface area contributed by atoms with Crippen molar-refractivity contribution in [1.82, 2.24) is 10.1 Å². The van der Waals surface area contributed by atoms with Crippen LogP contribution in [0, 0.1) is 5.92 Å². The summed E-state index contributed by atoms with van der Waals surface area (Å²) in [5, 5.41) is 14.7. The van der Waals surface area contributed by atoms with Crippen molar-refractivity contribution in [3.63, 3.8) is 0 Å². The normalized spacial score (nSPS) is 19.8. The van der Waals surface area contributed by atoms with Gasteiger partial charge in [-0.3, -0.25) is 9.69 Å². The molecule has 1 saturated heterocycles. The third kappa shape index (κ3) is 5.37. The Labute approximate surface area is 231 Å². The van der Waals surface area contributed by atoms with E-state index in [0.717, 1.165) is 85.0 Å². The van der Waals surface area contributed by atoms with E-state index in [-0.39, 0.29) is 12.3 Å². The molecule has 7 nitrogen and oxygen atoms in total. The van der Waals surface area contributed by atoms with Crippen molar-refractivity contribution in [2.24, 2.45) is 5.92 Å². The summed E-state index contributed by atoms with van der Waals surface area (Å²) in [6.45, 7) is 3.74. The van der Waals surface area contributed by atoms with Gasteiger partial charge in [0.1, 0.15) is 23.0 Å². The molecule has 38 heavy (non-hydrogen) atoms. The van der Waals surface area contributed by atoms with E-state index in [9.17, 15) is 4.79 Å². The fourth-order valence-corrected chi connectivity index (χ4v) is 6.11. The molecule has 2 aliphatic heterocycles. The molecular weight excluding hydrogens is 527 g/mol. The number of aliphatic carboxylic acids is 1. The zero-order valence-electron chi connectivity index (χ0n) is 21.0. The molecule has 3 aromatic rings. The number of carboxylic acids is 1. The van der Waals surface area contributed by atoms with E-state index >= 15 is 0 Å². The minimum absolute atomic E-state index is 0.0791. The molecule has 0 bridgehead atoms. The van der Waals surface area contributed by atoms with Crippen LogP contribution >= 0.6 is 23.2 Å². The number of rotatable bonds is 9. The molecule has 3 heterocycles. The predicted octanol–water partition coefficient (Wildman–Crippen LogP) is 6.77. The van der Waals surface area contributed by atoms with E-state index in [1.54, 1.807) is 0 Å². The number of benzene rings is 2. The number of carbonyl (C=O) groups is 1. The third-order valence-electron chi connectivity index (χ3n) is 7.83. The Morgan fingerprint density at radius 2 is 1.87 bits per heavy atom. The first-order chi connectivity index (χ1) is 18.5. The largest absolute Gasteiger partial charge is 0.493 e. The average molecular weight is 557 g/mol. The van der Waals surface area contributed by atoms with Crippen LogP contribution in [0.4, 0.5) is 0 Å². The molecule has 3 aliphatic rings. The Morgan fingerprint density at radius 3 is 2.58 bits per heavy atom. The van der Waals surface area contributed by atoms with Crippen LogP contribution in [0.2, 0.25) is 10.0 Å². The molecule has 1 aromatic heterocycles. The maximum Gasteiger partial charge on any atom is 0.304 e. The zero-order valence-corrected chi connectivity index (χ0v) is 22.5.